The second-order valence-corrected chi connectivity index (χ2v) is 2.03. The number of Topliss-reactive ketones (excluding diaryl/α,β-unsaturated/α-hetero) is 1. The summed E-state index contributed by atoms with van der Waals surface area (Å²) in [7, 11) is 1.65. The minimum atomic E-state index is 0.0678. The molecule has 0 aliphatic rings. The maximum atomic E-state index is 10.5. The Morgan fingerprint density at radius 2 is 2.30 bits per heavy atom. The van der Waals surface area contributed by atoms with Gasteiger partial charge in [0.25, 0.3) is 0 Å². The van der Waals surface area contributed by atoms with Crippen LogP contribution in [0.5, 0.6) is 0 Å². The lowest BCUT2D eigenvalue weighted by Crippen LogP contribution is -2.02. The van der Waals surface area contributed by atoms with Gasteiger partial charge in [0.1, 0.15) is 5.78 Å². The number of aliphatic imine (C=N–C) groups is 1. The number of nitrogens with zero attached hydrogens (tertiary/aromatic N) is 1. The number of allylic oxidation sites excluding steroid dienone is 2. The molecule has 0 radical (unpaired) electrons. The molecule has 0 aliphatic heterocycles. The second-order valence-electron chi connectivity index (χ2n) is 2.03. The largest absolute Gasteiger partial charge is 0.402 e. The van der Waals surface area contributed by atoms with Crippen LogP contribution >= 0.6 is 0 Å². The molecule has 2 N–H and O–H groups in total. The quantitative estimate of drug-likeness (QED) is 0.580. The summed E-state index contributed by atoms with van der Waals surface area (Å²) in [5, 5.41) is 0. The van der Waals surface area contributed by atoms with Gasteiger partial charge in [0, 0.05) is 25.4 Å². The third-order valence-corrected chi connectivity index (χ3v) is 0.891. The Morgan fingerprint density at radius 1 is 1.70 bits per heavy atom. The lowest BCUT2D eigenvalue weighted by molar-refractivity contribution is -0.116. The number of nitrogens with two attached hydrogens (primary N) is 1. The van der Waals surface area contributed by atoms with E-state index in [0.29, 0.717) is 12.1 Å². The molecule has 0 saturated heterocycles. The zero-order valence-electron chi connectivity index (χ0n) is 6.29. The fraction of sp³-hybridized carbons (Fsp3) is 0.429. The van der Waals surface area contributed by atoms with Crippen molar-refractivity contribution in [1.29, 1.82) is 0 Å². The molecule has 0 fully saturated rings. The predicted octanol–water partition coefficient (Wildman–Crippen LogP) is 0.509. The van der Waals surface area contributed by atoms with E-state index < -0.39 is 0 Å². The van der Waals surface area contributed by atoms with Gasteiger partial charge in [-0.15, -0.1) is 0 Å². The van der Waals surface area contributed by atoms with Crippen LogP contribution in [0.2, 0.25) is 0 Å². The van der Waals surface area contributed by atoms with Crippen molar-refractivity contribution in [2.24, 2.45) is 10.7 Å². The van der Waals surface area contributed by atoms with Crippen molar-refractivity contribution in [1.82, 2.24) is 0 Å². The van der Waals surface area contributed by atoms with E-state index in [-0.39, 0.29) is 5.78 Å². The molecular weight excluding hydrogens is 128 g/mol. The molecule has 10 heavy (non-hydrogen) atoms. The Labute approximate surface area is 60.6 Å². The van der Waals surface area contributed by atoms with E-state index >= 15 is 0 Å². The first kappa shape index (κ1) is 8.88. The Hall–Kier alpha value is -1.12. The van der Waals surface area contributed by atoms with Crippen molar-refractivity contribution in [3.8, 4) is 0 Å². The van der Waals surface area contributed by atoms with Crippen LogP contribution in [0.3, 0.4) is 0 Å². The van der Waals surface area contributed by atoms with Gasteiger partial charge in [-0.3, -0.25) is 9.79 Å². The van der Waals surface area contributed by atoms with E-state index in [2.05, 4.69) is 4.99 Å². The van der Waals surface area contributed by atoms with Crippen molar-refractivity contribution in [3.05, 3.63) is 11.8 Å². The summed E-state index contributed by atoms with van der Waals surface area (Å²) >= 11 is 0. The van der Waals surface area contributed by atoms with Crippen molar-refractivity contribution in [2.75, 3.05) is 7.05 Å². The van der Waals surface area contributed by atoms with Gasteiger partial charge in [-0.2, -0.15) is 0 Å². The van der Waals surface area contributed by atoms with Gasteiger partial charge in [0.05, 0.1) is 0 Å². The number of rotatable bonds is 3. The minimum absolute atomic E-state index is 0.0678. The molecule has 0 spiro atoms. The molecule has 0 aromatic heterocycles. The highest BCUT2D eigenvalue weighted by atomic mass is 16.1. The van der Waals surface area contributed by atoms with Gasteiger partial charge in [0.2, 0.25) is 0 Å². The van der Waals surface area contributed by atoms with Gasteiger partial charge in [0.15, 0.2) is 0 Å². The van der Waals surface area contributed by atoms with Crippen LogP contribution in [0.25, 0.3) is 0 Å². The standard InChI is InChI=1S/C7H12N2O/c1-6(10)5-7(8)3-4-9-2/h3-4H,5,8H2,1-2H3/b7-3-,9-4-. The smallest absolute Gasteiger partial charge is 0.135 e. The summed E-state index contributed by atoms with van der Waals surface area (Å²) in [6, 6.07) is 0. The van der Waals surface area contributed by atoms with E-state index in [4.69, 9.17) is 5.73 Å². The number of carbonyl (C=O) groups is 1. The maximum absolute atomic E-state index is 10.5. The molecule has 0 atom stereocenters. The Bertz CT molecular complexity index is 170. The Balaban J connectivity index is 3.82. The van der Waals surface area contributed by atoms with Crippen LogP contribution in [0, 0.1) is 0 Å². The summed E-state index contributed by atoms with van der Waals surface area (Å²) in [6.07, 6.45) is 3.51. The molecule has 0 aromatic carbocycles. The molecule has 0 aliphatic carbocycles. The van der Waals surface area contributed by atoms with Gasteiger partial charge >= 0.3 is 0 Å². The molecule has 0 saturated carbocycles. The normalized spacial score (nSPS) is 12.4. The van der Waals surface area contributed by atoms with Crippen molar-refractivity contribution >= 4 is 12.0 Å². The summed E-state index contributed by atoms with van der Waals surface area (Å²) in [5.74, 6) is 0.0678. The molecule has 0 unspecified atom stereocenters. The third kappa shape index (κ3) is 5.03. The Morgan fingerprint density at radius 3 is 2.70 bits per heavy atom. The van der Waals surface area contributed by atoms with E-state index in [1.54, 1.807) is 19.3 Å². The lowest BCUT2D eigenvalue weighted by atomic mass is 10.2. The van der Waals surface area contributed by atoms with Crippen molar-refractivity contribution in [3.63, 3.8) is 0 Å². The van der Waals surface area contributed by atoms with E-state index in [9.17, 15) is 4.79 Å². The number of hydrogen-bond acceptors (Lipinski definition) is 3. The molecule has 56 valence electrons. The fourth-order valence-corrected chi connectivity index (χ4v) is 0.517. The zero-order valence-corrected chi connectivity index (χ0v) is 6.29. The molecule has 3 heteroatoms. The molecule has 0 heterocycles. The topological polar surface area (TPSA) is 55.4 Å². The summed E-state index contributed by atoms with van der Waals surface area (Å²) in [6.45, 7) is 1.50. The molecule has 3 nitrogen and oxygen atoms in total. The van der Waals surface area contributed by atoms with E-state index in [1.165, 1.54) is 6.92 Å². The van der Waals surface area contributed by atoms with E-state index in [1.807, 2.05) is 0 Å². The number of carbonyl (C=O) groups excluding carboxylic acids is 1. The Kier molecular flexibility index (Phi) is 4.20. The first-order valence-electron chi connectivity index (χ1n) is 3.03. The highest BCUT2D eigenvalue weighted by Crippen LogP contribution is 1.90. The van der Waals surface area contributed by atoms with Gasteiger partial charge in [-0.25, -0.2) is 0 Å². The van der Waals surface area contributed by atoms with Crippen LogP contribution in [-0.4, -0.2) is 19.0 Å². The van der Waals surface area contributed by atoms with Crippen LogP contribution in [0.1, 0.15) is 13.3 Å². The monoisotopic (exact) mass is 140 g/mol. The summed E-state index contributed by atoms with van der Waals surface area (Å²) in [5.41, 5.74) is 5.96. The first-order valence-corrected chi connectivity index (χ1v) is 3.03. The van der Waals surface area contributed by atoms with Gasteiger partial charge < -0.3 is 5.73 Å². The summed E-state index contributed by atoms with van der Waals surface area (Å²) in [4.78, 5) is 14.1. The average molecular weight is 140 g/mol. The predicted molar refractivity (Wildman–Crippen MR) is 42.0 cm³/mol. The number of ketones is 1. The zero-order chi connectivity index (χ0) is 7.98. The molecular formula is C7H12N2O. The van der Waals surface area contributed by atoms with Crippen LogP contribution in [-0.2, 0) is 4.79 Å². The molecule has 0 amide bonds. The first-order chi connectivity index (χ1) is 4.66. The lowest BCUT2D eigenvalue weighted by Gasteiger charge is -1.92. The minimum Gasteiger partial charge on any atom is -0.402 e. The van der Waals surface area contributed by atoms with Gasteiger partial charge in [-0.05, 0) is 13.0 Å². The van der Waals surface area contributed by atoms with E-state index in [0.717, 1.165) is 0 Å². The maximum Gasteiger partial charge on any atom is 0.135 e. The second kappa shape index (κ2) is 4.73. The van der Waals surface area contributed by atoms with Crippen LogP contribution in [0.15, 0.2) is 16.8 Å². The van der Waals surface area contributed by atoms with Crippen LogP contribution < -0.4 is 5.73 Å². The average Bonchev–Trinajstić information content (AvgIpc) is 1.82. The molecule has 0 aromatic rings. The molecule has 0 bridgehead atoms. The van der Waals surface area contributed by atoms with Crippen molar-refractivity contribution in [2.45, 2.75) is 13.3 Å². The third-order valence-electron chi connectivity index (χ3n) is 0.891. The molecule has 0 rings (SSSR count). The van der Waals surface area contributed by atoms with Gasteiger partial charge in [-0.1, -0.05) is 0 Å². The van der Waals surface area contributed by atoms with Crippen molar-refractivity contribution < 1.29 is 4.79 Å². The summed E-state index contributed by atoms with van der Waals surface area (Å²) < 4.78 is 0. The fourth-order valence-electron chi connectivity index (χ4n) is 0.517. The highest BCUT2D eigenvalue weighted by molar-refractivity contribution is 5.80. The highest BCUT2D eigenvalue weighted by Gasteiger charge is 1.92. The SMILES string of the molecule is C/N=C\C=C(/N)CC(C)=O. The van der Waals surface area contributed by atoms with Crippen LogP contribution in [0.4, 0.5) is 0 Å². The number of hydrogen-bond donors (Lipinski definition) is 1.